The average Bonchev–Trinajstić information content (AvgIpc) is 3.24. The van der Waals surface area contributed by atoms with Gasteiger partial charge in [0.2, 0.25) is 5.95 Å². The molecule has 0 radical (unpaired) electrons. The van der Waals surface area contributed by atoms with Gasteiger partial charge in [0.25, 0.3) is 5.91 Å². The summed E-state index contributed by atoms with van der Waals surface area (Å²) in [5, 5.41) is 12.8. The van der Waals surface area contributed by atoms with Crippen molar-refractivity contribution in [2.24, 2.45) is 0 Å². The van der Waals surface area contributed by atoms with E-state index in [-0.39, 0.29) is 16.6 Å². The lowest BCUT2D eigenvalue weighted by Crippen LogP contribution is -2.49. The van der Waals surface area contributed by atoms with E-state index in [1.54, 1.807) is 9.58 Å². The van der Waals surface area contributed by atoms with Gasteiger partial charge in [-0.1, -0.05) is 46.7 Å². The Morgan fingerprint density at radius 1 is 1.14 bits per heavy atom. The Labute approximate surface area is 170 Å². The molecule has 4 rings (SSSR count). The number of thioether (sulfide) groups is 1. The van der Waals surface area contributed by atoms with E-state index in [9.17, 15) is 4.79 Å². The van der Waals surface area contributed by atoms with Crippen LogP contribution >= 0.6 is 23.4 Å². The van der Waals surface area contributed by atoms with E-state index in [4.69, 9.17) is 11.6 Å². The number of tetrazole rings is 1. The first-order valence-electron chi connectivity index (χ1n) is 8.62. The molecule has 1 fully saturated rings. The second-order valence-corrected chi connectivity index (χ2v) is 7.24. The second kappa shape index (κ2) is 8.11. The van der Waals surface area contributed by atoms with Crippen LogP contribution in [0.4, 0.5) is 5.95 Å². The molecule has 9 nitrogen and oxygen atoms in total. The summed E-state index contributed by atoms with van der Waals surface area (Å²) in [6.07, 6.45) is 3.32. The van der Waals surface area contributed by atoms with Crippen LogP contribution in [0.3, 0.4) is 0 Å². The Kier molecular flexibility index (Phi) is 5.40. The van der Waals surface area contributed by atoms with Gasteiger partial charge in [-0.05, 0) is 28.8 Å². The minimum absolute atomic E-state index is 0.190. The zero-order valence-corrected chi connectivity index (χ0v) is 16.6. The summed E-state index contributed by atoms with van der Waals surface area (Å²) in [6, 6.07) is 9.70. The number of halogens is 1. The van der Waals surface area contributed by atoms with E-state index in [1.165, 1.54) is 18.0 Å². The lowest BCUT2D eigenvalue weighted by Gasteiger charge is -2.34. The molecule has 1 aliphatic heterocycles. The van der Waals surface area contributed by atoms with Gasteiger partial charge in [0.15, 0.2) is 10.9 Å². The van der Waals surface area contributed by atoms with Crippen LogP contribution in [0.25, 0.3) is 5.69 Å². The first-order valence-corrected chi connectivity index (χ1v) is 10.2. The van der Waals surface area contributed by atoms with Crippen LogP contribution in [0.2, 0.25) is 5.02 Å². The van der Waals surface area contributed by atoms with Crippen molar-refractivity contribution >= 4 is 35.2 Å². The number of carbonyl (C=O) groups is 1. The van der Waals surface area contributed by atoms with Crippen LogP contribution in [0.15, 0.2) is 41.7 Å². The Morgan fingerprint density at radius 2 is 1.89 bits per heavy atom. The van der Waals surface area contributed by atoms with Crippen LogP contribution in [0, 0.1) is 0 Å². The van der Waals surface area contributed by atoms with Gasteiger partial charge in [-0.2, -0.15) is 4.68 Å². The van der Waals surface area contributed by atoms with Gasteiger partial charge in [-0.3, -0.25) is 4.79 Å². The van der Waals surface area contributed by atoms with E-state index < -0.39 is 0 Å². The molecule has 0 aliphatic carbocycles. The van der Waals surface area contributed by atoms with Crippen molar-refractivity contribution in [2.45, 2.75) is 5.16 Å². The third-order valence-electron chi connectivity index (χ3n) is 4.41. The molecule has 0 unspecified atom stereocenters. The largest absolute Gasteiger partial charge is 0.336 e. The fourth-order valence-corrected chi connectivity index (χ4v) is 3.49. The fourth-order valence-electron chi connectivity index (χ4n) is 2.97. The summed E-state index contributed by atoms with van der Waals surface area (Å²) in [5.74, 6) is 0.466. The van der Waals surface area contributed by atoms with Crippen LogP contribution < -0.4 is 4.90 Å². The molecule has 0 spiro atoms. The molecule has 0 bridgehead atoms. The molecule has 1 saturated heterocycles. The Balaban J connectivity index is 1.48. The number of piperazine rings is 1. The van der Waals surface area contributed by atoms with E-state index in [0.29, 0.717) is 37.3 Å². The maximum Gasteiger partial charge on any atom is 0.274 e. The zero-order chi connectivity index (χ0) is 19.5. The molecule has 2 aromatic heterocycles. The molecule has 11 heteroatoms. The van der Waals surface area contributed by atoms with Gasteiger partial charge in [-0.25, -0.2) is 9.97 Å². The smallest absolute Gasteiger partial charge is 0.274 e. The number of nitrogens with zero attached hydrogens (tertiary/aromatic N) is 8. The van der Waals surface area contributed by atoms with Gasteiger partial charge in [-0.15, -0.1) is 0 Å². The predicted octanol–water partition coefficient (Wildman–Crippen LogP) is 1.79. The number of hydrogen-bond acceptors (Lipinski definition) is 8. The van der Waals surface area contributed by atoms with Gasteiger partial charge < -0.3 is 9.80 Å². The normalized spacial score (nSPS) is 14.4. The molecule has 1 aromatic carbocycles. The van der Waals surface area contributed by atoms with E-state index >= 15 is 0 Å². The standard InChI is InChI=1S/C17H17ClN8OS/c1-28-16-19-11-13(18)14(20-16)15(27)24-7-9-25(10-8-24)17-21-22-23-26(17)12-5-3-2-4-6-12/h2-6,11H,7-10H2,1H3. The van der Waals surface area contributed by atoms with Crippen molar-refractivity contribution in [3.8, 4) is 5.69 Å². The van der Waals surface area contributed by atoms with Crippen LogP contribution in [0.1, 0.15) is 10.5 Å². The summed E-state index contributed by atoms with van der Waals surface area (Å²) in [4.78, 5) is 25.0. The van der Waals surface area contributed by atoms with Crippen LogP contribution in [-0.2, 0) is 0 Å². The quantitative estimate of drug-likeness (QED) is 0.469. The lowest BCUT2D eigenvalue weighted by atomic mass is 10.2. The predicted molar refractivity (Wildman–Crippen MR) is 106 cm³/mol. The van der Waals surface area contributed by atoms with Gasteiger partial charge in [0, 0.05) is 26.2 Å². The van der Waals surface area contributed by atoms with Crippen molar-refractivity contribution in [3.05, 3.63) is 47.2 Å². The molecule has 1 amide bonds. The van der Waals surface area contributed by atoms with Crippen LogP contribution in [-0.4, -0.2) is 73.4 Å². The summed E-state index contributed by atoms with van der Waals surface area (Å²) in [5.41, 5.74) is 1.13. The highest BCUT2D eigenvalue weighted by Gasteiger charge is 2.27. The summed E-state index contributed by atoms with van der Waals surface area (Å²) < 4.78 is 1.70. The Bertz CT molecular complexity index is 974. The number of amides is 1. The molecule has 144 valence electrons. The number of para-hydroxylation sites is 1. The van der Waals surface area contributed by atoms with E-state index in [0.717, 1.165) is 5.69 Å². The second-order valence-electron chi connectivity index (χ2n) is 6.06. The monoisotopic (exact) mass is 416 g/mol. The molecule has 3 aromatic rings. The van der Waals surface area contributed by atoms with Crippen molar-refractivity contribution in [2.75, 3.05) is 37.3 Å². The molecular formula is C17H17ClN8OS. The molecule has 0 saturated carbocycles. The minimum Gasteiger partial charge on any atom is -0.336 e. The highest BCUT2D eigenvalue weighted by atomic mass is 35.5. The van der Waals surface area contributed by atoms with Crippen molar-refractivity contribution in [1.82, 2.24) is 35.1 Å². The lowest BCUT2D eigenvalue weighted by molar-refractivity contribution is 0.0739. The molecule has 0 N–H and O–H groups in total. The molecule has 3 heterocycles. The first-order chi connectivity index (χ1) is 13.7. The third kappa shape index (κ3) is 3.65. The van der Waals surface area contributed by atoms with Crippen molar-refractivity contribution in [3.63, 3.8) is 0 Å². The van der Waals surface area contributed by atoms with E-state index in [1.807, 2.05) is 36.6 Å². The molecule has 1 aliphatic rings. The average molecular weight is 417 g/mol. The number of aromatic nitrogens is 6. The highest BCUT2D eigenvalue weighted by molar-refractivity contribution is 7.98. The Morgan fingerprint density at radius 3 is 2.61 bits per heavy atom. The van der Waals surface area contributed by atoms with Crippen molar-refractivity contribution in [1.29, 1.82) is 0 Å². The SMILES string of the molecule is CSc1ncc(Cl)c(C(=O)N2CCN(c3nnnn3-c3ccccc3)CC2)n1. The highest BCUT2D eigenvalue weighted by Crippen LogP contribution is 2.21. The van der Waals surface area contributed by atoms with Crippen LogP contribution in [0.5, 0.6) is 0 Å². The third-order valence-corrected chi connectivity index (χ3v) is 5.25. The number of rotatable bonds is 4. The summed E-state index contributed by atoms with van der Waals surface area (Å²) >= 11 is 7.51. The van der Waals surface area contributed by atoms with Crippen molar-refractivity contribution < 1.29 is 4.79 Å². The van der Waals surface area contributed by atoms with E-state index in [2.05, 4.69) is 30.4 Å². The zero-order valence-electron chi connectivity index (χ0n) is 15.1. The number of hydrogen-bond donors (Lipinski definition) is 0. The number of benzene rings is 1. The minimum atomic E-state index is -0.190. The summed E-state index contributed by atoms with van der Waals surface area (Å²) in [6.45, 7) is 2.26. The molecular weight excluding hydrogens is 400 g/mol. The Hall–Kier alpha value is -2.72. The van der Waals surface area contributed by atoms with Gasteiger partial charge in [0.05, 0.1) is 16.9 Å². The maximum absolute atomic E-state index is 12.8. The number of carbonyl (C=O) groups excluding carboxylic acids is 1. The topological polar surface area (TPSA) is 92.9 Å². The fraction of sp³-hybridized carbons (Fsp3) is 0.294. The molecule has 0 atom stereocenters. The summed E-state index contributed by atoms with van der Waals surface area (Å²) in [7, 11) is 0. The maximum atomic E-state index is 12.8. The number of anilines is 1. The first kappa shape index (κ1) is 18.6. The van der Waals surface area contributed by atoms with Gasteiger partial charge in [0.1, 0.15) is 0 Å². The van der Waals surface area contributed by atoms with Gasteiger partial charge >= 0.3 is 0 Å². The molecule has 28 heavy (non-hydrogen) atoms.